The van der Waals surface area contributed by atoms with Gasteiger partial charge < -0.3 is 10.3 Å². The summed E-state index contributed by atoms with van der Waals surface area (Å²) in [6.07, 6.45) is 8.35. The van der Waals surface area contributed by atoms with Crippen molar-refractivity contribution in [3.63, 3.8) is 0 Å². The molecule has 200 valence electrons. The molecule has 5 rings (SSSR count). The predicted octanol–water partition coefficient (Wildman–Crippen LogP) is 7.16. The summed E-state index contributed by atoms with van der Waals surface area (Å²) in [6.45, 7) is 12.3. The van der Waals surface area contributed by atoms with E-state index in [0.717, 1.165) is 39.9 Å². The van der Waals surface area contributed by atoms with Gasteiger partial charge in [-0.3, -0.25) is 10.1 Å². The SMILES string of the molecule is C=C(CC(C)C)N/C(C#CC)=C/C(=C\C)c1cnc2n[nH]c(-c3nc4c(-c5cccc(F)c5)nccc4[nH]3)c2c1. The van der Waals surface area contributed by atoms with Crippen molar-refractivity contribution < 1.29 is 4.39 Å². The lowest BCUT2D eigenvalue weighted by Crippen LogP contribution is -2.12. The second-order valence-corrected chi connectivity index (χ2v) is 9.85. The minimum absolute atomic E-state index is 0.327. The summed E-state index contributed by atoms with van der Waals surface area (Å²) in [5, 5.41) is 11.6. The Morgan fingerprint density at radius 1 is 1.20 bits per heavy atom. The van der Waals surface area contributed by atoms with Crippen molar-refractivity contribution in [3.8, 4) is 34.6 Å². The van der Waals surface area contributed by atoms with Gasteiger partial charge in [0, 0.05) is 29.2 Å². The van der Waals surface area contributed by atoms with Crippen LogP contribution < -0.4 is 5.32 Å². The number of allylic oxidation sites excluding steroid dienone is 5. The predicted molar refractivity (Wildman–Crippen MR) is 159 cm³/mol. The summed E-state index contributed by atoms with van der Waals surface area (Å²) < 4.78 is 13.9. The zero-order chi connectivity index (χ0) is 28.2. The van der Waals surface area contributed by atoms with Crippen molar-refractivity contribution in [1.82, 2.24) is 35.5 Å². The highest BCUT2D eigenvalue weighted by atomic mass is 19.1. The molecule has 0 aliphatic heterocycles. The second-order valence-electron chi connectivity index (χ2n) is 9.85. The first-order valence-electron chi connectivity index (χ1n) is 13.1. The van der Waals surface area contributed by atoms with Crippen molar-refractivity contribution in [3.05, 3.63) is 90.3 Å². The number of pyridine rings is 2. The van der Waals surface area contributed by atoms with E-state index in [-0.39, 0.29) is 5.82 Å². The summed E-state index contributed by atoms with van der Waals surface area (Å²) in [5.74, 6) is 6.87. The van der Waals surface area contributed by atoms with E-state index >= 15 is 0 Å². The Morgan fingerprint density at radius 2 is 2.05 bits per heavy atom. The van der Waals surface area contributed by atoms with Crippen LogP contribution in [0, 0.1) is 23.6 Å². The molecule has 0 spiro atoms. The number of aromatic amines is 2. The number of hydrogen-bond acceptors (Lipinski definition) is 5. The Hall–Kier alpha value is -5.03. The number of rotatable bonds is 8. The lowest BCUT2D eigenvalue weighted by atomic mass is 10.0. The average molecular weight is 532 g/mol. The molecule has 1 aromatic carbocycles. The van der Waals surface area contributed by atoms with Crippen LogP contribution in [-0.4, -0.2) is 30.1 Å². The summed E-state index contributed by atoms with van der Waals surface area (Å²) in [6, 6.07) is 10.2. The largest absolute Gasteiger partial charge is 0.353 e. The standard InChI is InChI=1S/C32H30FN7/c1-6-9-25(36-20(5)14-19(3)4)16-21(7-2)23-17-26-29(39-40-31(26)35-18-23)32-37-27-12-13-34-28(30(27)38-32)22-10-8-11-24(33)15-22/h7-8,10-13,15-19,36H,5,14H2,1-4H3,(H,37,38)(H,35,39,40)/b21-7+,25-16+. The fourth-order valence-corrected chi connectivity index (χ4v) is 4.60. The molecule has 0 saturated carbocycles. The molecular weight excluding hydrogens is 501 g/mol. The fraction of sp³-hybridized carbons (Fsp3) is 0.188. The number of nitrogens with zero attached hydrogens (tertiary/aromatic N) is 4. The van der Waals surface area contributed by atoms with Crippen molar-refractivity contribution >= 4 is 27.6 Å². The first kappa shape index (κ1) is 26.6. The van der Waals surface area contributed by atoms with Gasteiger partial charge >= 0.3 is 0 Å². The number of hydrogen-bond donors (Lipinski definition) is 3. The van der Waals surface area contributed by atoms with Crippen LogP contribution in [0.2, 0.25) is 0 Å². The van der Waals surface area contributed by atoms with Gasteiger partial charge in [-0.25, -0.2) is 14.4 Å². The van der Waals surface area contributed by atoms with Crippen molar-refractivity contribution in [2.75, 3.05) is 0 Å². The Balaban J connectivity index is 1.54. The van der Waals surface area contributed by atoms with Crippen LogP contribution in [0.1, 0.15) is 39.7 Å². The normalized spacial score (nSPS) is 12.2. The zero-order valence-electron chi connectivity index (χ0n) is 22.9. The first-order valence-corrected chi connectivity index (χ1v) is 13.1. The molecule has 0 radical (unpaired) electrons. The van der Waals surface area contributed by atoms with Gasteiger partial charge in [0.25, 0.3) is 0 Å². The molecule has 8 heteroatoms. The van der Waals surface area contributed by atoms with E-state index in [1.807, 2.05) is 44.2 Å². The molecule has 0 saturated heterocycles. The Labute approximate surface area is 232 Å². The molecule has 0 bridgehead atoms. The molecular formula is C32H30FN7. The molecule has 0 fully saturated rings. The summed E-state index contributed by atoms with van der Waals surface area (Å²) in [5.41, 5.74) is 7.48. The van der Waals surface area contributed by atoms with Crippen LogP contribution >= 0.6 is 0 Å². The molecule has 0 amide bonds. The van der Waals surface area contributed by atoms with Crippen LogP contribution in [0.25, 0.3) is 50.4 Å². The highest BCUT2D eigenvalue weighted by Crippen LogP contribution is 2.31. The number of benzene rings is 1. The van der Waals surface area contributed by atoms with Crippen LogP contribution in [0.15, 0.2) is 78.9 Å². The lowest BCUT2D eigenvalue weighted by molar-refractivity contribution is 0.623. The van der Waals surface area contributed by atoms with Gasteiger partial charge in [-0.15, -0.1) is 0 Å². The minimum Gasteiger partial charge on any atom is -0.353 e. The van der Waals surface area contributed by atoms with Gasteiger partial charge in [-0.2, -0.15) is 5.10 Å². The van der Waals surface area contributed by atoms with E-state index in [2.05, 4.69) is 62.7 Å². The first-order chi connectivity index (χ1) is 19.4. The molecule has 0 atom stereocenters. The van der Waals surface area contributed by atoms with E-state index in [1.54, 1.807) is 18.5 Å². The van der Waals surface area contributed by atoms with Crippen LogP contribution in [0.3, 0.4) is 0 Å². The number of H-pyrrole nitrogens is 2. The van der Waals surface area contributed by atoms with Crippen molar-refractivity contribution in [2.45, 2.75) is 34.1 Å². The van der Waals surface area contributed by atoms with Gasteiger partial charge in [-0.05, 0) is 68.0 Å². The molecule has 0 aliphatic carbocycles. The summed E-state index contributed by atoms with van der Waals surface area (Å²) in [7, 11) is 0. The lowest BCUT2D eigenvalue weighted by Gasteiger charge is -2.12. The summed E-state index contributed by atoms with van der Waals surface area (Å²) >= 11 is 0. The maximum absolute atomic E-state index is 13.9. The number of fused-ring (bicyclic) bond motifs is 2. The van der Waals surface area contributed by atoms with Gasteiger partial charge in [0.2, 0.25) is 0 Å². The van der Waals surface area contributed by atoms with Crippen LogP contribution in [-0.2, 0) is 0 Å². The monoisotopic (exact) mass is 531 g/mol. The van der Waals surface area contributed by atoms with Crippen LogP contribution in [0.5, 0.6) is 0 Å². The average Bonchev–Trinajstić information content (AvgIpc) is 3.55. The quantitative estimate of drug-likeness (QED) is 0.146. The van der Waals surface area contributed by atoms with E-state index in [9.17, 15) is 4.39 Å². The highest BCUT2D eigenvalue weighted by molar-refractivity contribution is 5.96. The number of aromatic nitrogens is 6. The second kappa shape index (κ2) is 11.4. The van der Waals surface area contributed by atoms with Crippen LogP contribution in [0.4, 0.5) is 4.39 Å². The maximum atomic E-state index is 13.9. The van der Waals surface area contributed by atoms with E-state index in [4.69, 9.17) is 4.98 Å². The number of imidazole rings is 1. The molecule has 0 aliphatic rings. The molecule has 4 heterocycles. The van der Waals surface area contributed by atoms with Gasteiger partial charge in [0.15, 0.2) is 11.5 Å². The third-order valence-corrected chi connectivity index (χ3v) is 6.32. The van der Waals surface area contributed by atoms with Gasteiger partial charge in [-0.1, -0.05) is 44.6 Å². The van der Waals surface area contributed by atoms with Gasteiger partial charge in [0.05, 0.1) is 22.3 Å². The van der Waals surface area contributed by atoms with Crippen molar-refractivity contribution in [1.29, 1.82) is 0 Å². The topological polar surface area (TPSA) is 95.2 Å². The Kier molecular flexibility index (Phi) is 7.56. The third kappa shape index (κ3) is 5.54. The number of nitrogens with one attached hydrogen (secondary N) is 3. The fourth-order valence-electron chi connectivity index (χ4n) is 4.60. The zero-order valence-corrected chi connectivity index (χ0v) is 22.9. The van der Waals surface area contributed by atoms with E-state index in [0.29, 0.717) is 39.9 Å². The van der Waals surface area contributed by atoms with E-state index in [1.165, 1.54) is 12.1 Å². The maximum Gasteiger partial charge on any atom is 0.181 e. The smallest absolute Gasteiger partial charge is 0.181 e. The number of halogens is 1. The molecule has 3 N–H and O–H groups in total. The van der Waals surface area contributed by atoms with Gasteiger partial charge in [0.1, 0.15) is 17.0 Å². The Morgan fingerprint density at radius 3 is 2.80 bits per heavy atom. The molecule has 40 heavy (non-hydrogen) atoms. The molecule has 5 aromatic rings. The molecule has 0 unspecified atom stereocenters. The molecule has 7 nitrogen and oxygen atoms in total. The highest BCUT2D eigenvalue weighted by Gasteiger charge is 2.17. The minimum atomic E-state index is -0.327. The van der Waals surface area contributed by atoms with Crippen molar-refractivity contribution in [2.24, 2.45) is 5.92 Å². The summed E-state index contributed by atoms with van der Waals surface area (Å²) in [4.78, 5) is 17.3. The third-order valence-electron chi connectivity index (χ3n) is 6.32. The molecule has 4 aromatic heterocycles. The van der Waals surface area contributed by atoms with E-state index < -0.39 is 0 Å². The Bertz CT molecular complexity index is 1840.